The molecule has 0 aliphatic rings. The van der Waals surface area contributed by atoms with E-state index in [-0.39, 0.29) is 0 Å². The summed E-state index contributed by atoms with van der Waals surface area (Å²) in [5.74, 6) is 1.66. The molecule has 0 fully saturated rings. The van der Waals surface area contributed by atoms with Crippen LogP contribution in [-0.4, -0.2) is 15.0 Å². The molecule has 2 aromatic rings. The van der Waals surface area contributed by atoms with Gasteiger partial charge >= 0.3 is 0 Å². The van der Waals surface area contributed by atoms with E-state index in [4.69, 9.17) is 5.73 Å². The highest BCUT2D eigenvalue weighted by atomic mass is 32.1. The van der Waals surface area contributed by atoms with E-state index in [1.165, 1.54) is 5.92 Å². The van der Waals surface area contributed by atoms with Gasteiger partial charge in [0.05, 0.1) is 21.3 Å². The molecule has 5 heteroatoms. The minimum atomic E-state index is 0.301. The normalized spacial score (nSPS) is 11.1. The standard InChI is InChI=1S/C12H15N4S/c1-7(2)6-10-15-8(3)11(17-10)9-4-5-14-12(13)16-9/h4-5H,6H2,1-3H3,(H2,13,14,16). The lowest BCUT2D eigenvalue weighted by Crippen LogP contribution is -1.94. The number of anilines is 1. The molecule has 89 valence electrons. The van der Waals surface area contributed by atoms with Crippen molar-refractivity contribution in [1.82, 2.24) is 15.0 Å². The summed E-state index contributed by atoms with van der Waals surface area (Å²) in [7, 11) is 0. The van der Waals surface area contributed by atoms with Crippen LogP contribution in [0.4, 0.5) is 5.95 Å². The second kappa shape index (κ2) is 4.79. The highest BCUT2D eigenvalue weighted by Crippen LogP contribution is 2.29. The Morgan fingerprint density at radius 2 is 2.12 bits per heavy atom. The zero-order chi connectivity index (χ0) is 12.4. The van der Waals surface area contributed by atoms with Crippen molar-refractivity contribution in [2.75, 3.05) is 5.73 Å². The van der Waals surface area contributed by atoms with E-state index in [0.29, 0.717) is 5.95 Å². The Kier molecular flexibility index (Phi) is 3.38. The highest BCUT2D eigenvalue weighted by molar-refractivity contribution is 7.15. The van der Waals surface area contributed by atoms with Crippen LogP contribution in [-0.2, 0) is 6.42 Å². The minimum absolute atomic E-state index is 0.301. The number of nitrogen functional groups attached to an aromatic ring is 1. The van der Waals surface area contributed by atoms with Gasteiger partial charge in [0.1, 0.15) is 0 Å². The molecule has 17 heavy (non-hydrogen) atoms. The van der Waals surface area contributed by atoms with Crippen LogP contribution in [0.5, 0.6) is 0 Å². The van der Waals surface area contributed by atoms with Gasteiger partial charge in [-0.2, -0.15) is 0 Å². The first-order valence-electron chi connectivity index (χ1n) is 5.40. The molecule has 4 nitrogen and oxygen atoms in total. The van der Waals surface area contributed by atoms with Gasteiger partial charge in [0.15, 0.2) is 0 Å². The van der Waals surface area contributed by atoms with Gasteiger partial charge in [0.25, 0.3) is 0 Å². The van der Waals surface area contributed by atoms with Crippen molar-refractivity contribution in [2.45, 2.75) is 27.2 Å². The first-order chi connectivity index (χ1) is 8.06. The lowest BCUT2D eigenvalue weighted by Gasteiger charge is -1.98. The third kappa shape index (κ3) is 2.79. The second-order valence-corrected chi connectivity index (χ2v) is 5.29. The quantitative estimate of drug-likeness (QED) is 0.905. The number of hydrogen-bond donors (Lipinski definition) is 1. The number of rotatable bonds is 3. The number of aryl methyl sites for hydroxylation is 1. The van der Waals surface area contributed by atoms with Gasteiger partial charge in [-0.25, -0.2) is 15.0 Å². The number of thiazole rings is 1. The molecule has 2 rings (SSSR count). The fourth-order valence-electron chi connectivity index (χ4n) is 1.57. The SMILES string of the molecule is C[C](C)Cc1nc(C)c(-c2ccnc(N)n2)s1. The van der Waals surface area contributed by atoms with Gasteiger partial charge in [-0.3, -0.25) is 0 Å². The minimum Gasteiger partial charge on any atom is -0.368 e. The number of hydrogen-bond acceptors (Lipinski definition) is 5. The zero-order valence-electron chi connectivity index (χ0n) is 10.2. The molecule has 0 unspecified atom stereocenters. The van der Waals surface area contributed by atoms with Gasteiger partial charge < -0.3 is 5.73 Å². The van der Waals surface area contributed by atoms with E-state index in [0.717, 1.165) is 27.7 Å². The van der Waals surface area contributed by atoms with E-state index in [1.807, 2.05) is 13.0 Å². The molecule has 0 aromatic carbocycles. The van der Waals surface area contributed by atoms with Gasteiger partial charge in [-0.05, 0) is 18.9 Å². The summed E-state index contributed by atoms with van der Waals surface area (Å²) in [4.78, 5) is 13.8. The molecule has 2 aromatic heterocycles. The van der Waals surface area contributed by atoms with Crippen LogP contribution in [0.1, 0.15) is 24.5 Å². The summed E-state index contributed by atoms with van der Waals surface area (Å²) in [5.41, 5.74) is 7.45. The third-order valence-electron chi connectivity index (χ3n) is 2.25. The molecule has 0 saturated heterocycles. The van der Waals surface area contributed by atoms with Crippen LogP contribution >= 0.6 is 11.3 Å². The summed E-state index contributed by atoms with van der Waals surface area (Å²) in [6.45, 7) is 6.22. The first kappa shape index (κ1) is 12.0. The molecule has 0 aliphatic heterocycles. The monoisotopic (exact) mass is 247 g/mol. The molecule has 2 heterocycles. The lowest BCUT2D eigenvalue weighted by atomic mass is 10.1. The maximum Gasteiger partial charge on any atom is 0.220 e. The molecule has 0 spiro atoms. The lowest BCUT2D eigenvalue weighted by molar-refractivity contribution is 0.937. The fraction of sp³-hybridized carbons (Fsp3) is 0.333. The average molecular weight is 247 g/mol. The van der Waals surface area contributed by atoms with Crippen LogP contribution in [0.15, 0.2) is 12.3 Å². The molecule has 1 radical (unpaired) electrons. The van der Waals surface area contributed by atoms with Gasteiger partial charge in [-0.1, -0.05) is 13.8 Å². The maximum absolute atomic E-state index is 5.59. The van der Waals surface area contributed by atoms with Crippen LogP contribution in [0, 0.1) is 12.8 Å². The Morgan fingerprint density at radius 3 is 2.76 bits per heavy atom. The van der Waals surface area contributed by atoms with E-state index in [9.17, 15) is 0 Å². The van der Waals surface area contributed by atoms with Crippen LogP contribution < -0.4 is 5.73 Å². The van der Waals surface area contributed by atoms with Crippen molar-refractivity contribution in [3.05, 3.63) is 28.9 Å². The van der Waals surface area contributed by atoms with Crippen LogP contribution in [0.2, 0.25) is 0 Å². The first-order valence-corrected chi connectivity index (χ1v) is 6.22. The van der Waals surface area contributed by atoms with Gasteiger partial charge in [0.2, 0.25) is 5.95 Å². The molecule has 0 atom stereocenters. The Morgan fingerprint density at radius 1 is 1.35 bits per heavy atom. The van der Waals surface area contributed by atoms with Gasteiger partial charge in [0, 0.05) is 12.6 Å². The van der Waals surface area contributed by atoms with Crippen molar-refractivity contribution >= 4 is 17.3 Å². The van der Waals surface area contributed by atoms with Crippen molar-refractivity contribution in [3.63, 3.8) is 0 Å². The average Bonchev–Trinajstić information content (AvgIpc) is 2.58. The number of nitrogens with zero attached hydrogens (tertiary/aromatic N) is 3. The predicted molar refractivity (Wildman–Crippen MR) is 70.6 cm³/mol. The Labute approximate surface area is 105 Å². The maximum atomic E-state index is 5.59. The zero-order valence-corrected chi connectivity index (χ0v) is 11.0. The largest absolute Gasteiger partial charge is 0.368 e. The van der Waals surface area contributed by atoms with Crippen LogP contribution in [0.3, 0.4) is 0 Å². The van der Waals surface area contributed by atoms with Crippen molar-refractivity contribution in [3.8, 4) is 10.6 Å². The number of aromatic nitrogens is 3. The van der Waals surface area contributed by atoms with E-state index < -0.39 is 0 Å². The van der Waals surface area contributed by atoms with E-state index >= 15 is 0 Å². The molecule has 2 N–H and O–H groups in total. The molecule has 0 amide bonds. The van der Waals surface area contributed by atoms with Crippen molar-refractivity contribution < 1.29 is 0 Å². The van der Waals surface area contributed by atoms with Gasteiger partial charge in [-0.15, -0.1) is 11.3 Å². The van der Waals surface area contributed by atoms with Crippen molar-refractivity contribution in [2.24, 2.45) is 0 Å². The summed E-state index contributed by atoms with van der Waals surface area (Å²) in [6, 6.07) is 1.86. The smallest absolute Gasteiger partial charge is 0.220 e. The molecular weight excluding hydrogens is 232 g/mol. The summed E-state index contributed by atoms with van der Waals surface area (Å²) < 4.78 is 0. The molecular formula is C12H15N4S. The predicted octanol–water partition coefficient (Wildman–Crippen LogP) is 2.65. The number of nitrogens with two attached hydrogens (primary N) is 1. The molecule has 0 bridgehead atoms. The fourth-order valence-corrected chi connectivity index (χ4v) is 2.76. The summed E-state index contributed by atoms with van der Waals surface area (Å²) >= 11 is 1.67. The van der Waals surface area contributed by atoms with E-state index in [1.54, 1.807) is 17.5 Å². The summed E-state index contributed by atoms with van der Waals surface area (Å²) in [5, 5.41) is 1.12. The topological polar surface area (TPSA) is 64.7 Å². The van der Waals surface area contributed by atoms with Crippen molar-refractivity contribution in [1.29, 1.82) is 0 Å². The second-order valence-electron chi connectivity index (χ2n) is 4.21. The Bertz CT molecular complexity index is 519. The third-order valence-corrected chi connectivity index (χ3v) is 3.43. The van der Waals surface area contributed by atoms with Crippen LogP contribution in [0.25, 0.3) is 10.6 Å². The van der Waals surface area contributed by atoms with E-state index in [2.05, 4.69) is 28.8 Å². The Hall–Kier alpha value is -1.49. The highest BCUT2D eigenvalue weighted by Gasteiger charge is 2.12. The summed E-state index contributed by atoms with van der Waals surface area (Å²) in [6.07, 6.45) is 2.60. The Balaban J connectivity index is 2.36. The molecule has 0 saturated carbocycles. The molecule has 0 aliphatic carbocycles.